The molecule has 1 aromatic carbocycles. The van der Waals surface area contributed by atoms with E-state index in [4.69, 9.17) is 5.73 Å². The Morgan fingerprint density at radius 3 is 2.83 bits per heavy atom. The minimum Gasteiger partial charge on any atom is -0.508 e. The summed E-state index contributed by atoms with van der Waals surface area (Å²) in [5, 5.41) is 9.58. The number of allylic oxidation sites excluding steroid dienone is 5. The summed E-state index contributed by atoms with van der Waals surface area (Å²) < 4.78 is 0. The van der Waals surface area contributed by atoms with Crippen LogP contribution in [0, 0.1) is 0 Å². The third-order valence-electron chi connectivity index (χ3n) is 3.03. The number of rotatable bonds is 3. The van der Waals surface area contributed by atoms with Gasteiger partial charge in [-0.15, -0.1) is 0 Å². The fourth-order valence-corrected chi connectivity index (χ4v) is 2.10. The second-order valence-corrected chi connectivity index (χ2v) is 4.32. The zero-order valence-electron chi connectivity index (χ0n) is 9.91. The van der Waals surface area contributed by atoms with Gasteiger partial charge >= 0.3 is 0 Å². The third kappa shape index (κ3) is 2.51. The number of phenolic OH excluding ortho intramolecular Hbond substituents is 1. The highest BCUT2D eigenvalue weighted by Gasteiger charge is 2.26. The molecule has 0 spiro atoms. The van der Waals surface area contributed by atoms with Gasteiger partial charge in [-0.3, -0.25) is 4.79 Å². The van der Waals surface area contributed by atoms with E-state index in [-0.39, 0.29) is 5.75 Å². The number of hydrogen-bond donors (Lipinski definition) is 2. The Labute approximate surface area is 106 Å². The fraction of sp³-hybridized carbons (Fsp3) is 0.133. The van der Waals surface area contributed by atoms with Crippen LogP contribution in [-0.4, -0.2) is 11.0 Å². The van der Waals surface area contributed by atoms with Gasteiger partial charge in [0, 0.05) is 5.41 Å². The molecule has 0 fully saturated rings. The molecule has 1 aliphatic rings. The van der Waals surface area contributed by atoms with Gasteiger partial charge in [-0.25, -0.2) is 0 Å². The number of carbonyl (C=O) groups is 1. The normalized spacial score (nSPS) is 22.4. The minimum atomic E-state index is -0.475. The Balaban J connectivity index is 2.46. The highest BCUT2D eigenvalue weighted by atomic mass is 16.3. The predicted octanol–water partition coefficient (Wildman–Crippen LogP) is 2.19. The summed E-state index contributed by atoms with van der Waals surface area (Å²) in [5.74, 6) is -0.264. The summed E-state index contributed by atoms with van der Waals surface area (Å²) in [6.07, 6.45) is 11.8. The zero-order chi connectivity index (χ0) is 13.0. The monoisotopic (exact) mass is 241 g/mol. The van der Waals surface area contributed by atoms with E-state index < -0.39 is 11.3 Å². The van der Waals surface area contributed by atoms with E-state index in [2.05, 4.69) is 0 Å². The molecule has 0 radical (unpaired) electrons. The average Bonchev–Trinajstić information content (AvgIpc) is 2.37. The topological polar surface area (TPSA) is 63.3 Å². The van der Waals surface area contributed by atoms with Crippen LogP contribution < -0.4 is 5.73 Å². The second kappa shape index (κ2) is 4.92. The molecular weight excluding hydrogens is 226 g/mol. The van der Waals surface area contributed by atoms with Crippen molar-refractivity contribution in [1.82, 2.24) is 0 Å². The van der Waals surface area contributed by atoms with E-state index in [1.807, 2.05) is 30.4 Å². The summed E-state index contributed by atoms with van der Waals surface area (Å²) in [4.78, 5) is 10.9. The number of carbonyl (C=O) groups excluding carboxylic acids is 1. The van der Waals surface area contributed by atoms with Crippen molar-refractivity contribution in [2.24, 2.45) is 5.73 Å². The standard InChI is InChI=1S/C15H15NO2/c16-14(18)7-10-15(8-2-1-3-9-15)12-5-4-6-13(17)11-12/h1-8,10-11,17H,9H2,(H2,16,18). The van der Waals surface area contributed by atoms with Crippen molar-refractivity contribution in [2.75, 3.05) is 0 Å². The van der Waals surface area contributed by atoms with Crippen LogP contribution in [0.25, 0.3) is 0 Å². The Morgan fingerprint density at radius 2 is 2.22 bits per heavy atom. The van der Waals surface area contributed by atoms with E-state index in [1.165, 1.54) is 6.08 Å². The zero-order valence-corrected chi connectivity index (χ0v) is 9.91. The van der Waals surface area contributed by atoms with Crippen molar-refractivity contribution < 1.29 is 9.90 Å². The van der Waals surface area contributed by atoms with Crippen LogP contribution in [0.15, 0.2) is 60.7 Å². The SMILES string of the molecule is NC(=O)C=CC1(c2cccc(O)c2)C=CC=CC1. The number of amides is 1. The van der Waals surface area contributed by atoms with Crippen LogP contribution >= 0.6 is 0 Å². The molecule has 1 aromatic rings. The molecule has 0 bridgehead atoms. The average molecular weight is 241 g/mol. The van der Waals surface area contributed by atoms with Crippen LogP contribution in [0.5, 0.6) is 5.75 Å². The molecule has 1 aliphatic carbocycles. The van der Waals surface area contributed by atoms with Crippen molar-refractivity contribution in [1.29, 1.82) is 0 Å². The van der Waals surface area contributed by atoms with Gasteiger partial charge in [0.1, 0.15) is 5.75 Å². The molecule has 0 aliphatic heterocycles. The Hall–Kier alpha value is -2.29. The predicted molar refractivity (Wildman–Crippen MR) is 71.0 cm³/mol. The highest BCUT2D eigenvalue weighted by Crippen LogP contribution is 2.35. The van der Waals surface area contributed by atoms with Gasteiger partial charge in [-0.2, -0.15) is 0 Å². The second-order valence-electron chi connectivity index (χ2n) is 4.32. The summed E-state index contributed by atoms with van der Waals surface area (Å²) >= 11 is 0. The molecule has 3 N–H and O–H groups in total. The number of aromatic hydroxyl groups is 1. The van der Waals surface area contributed by atoms with Gasteiger partial charge in [0.2, 0.25) is 5.91 Å². The Kier molecular flexibility index (Phi) is 3.33. The van der Waals surface area contributed by atoms with Gasteiger partial charge < -0.3 is 10.8 Å². The lowest BCUT2D eigenvalue weighted by molar-refractivity contribution is -0.113. The number of primary amides is 1. The lowest BCUT2D eigenvalue weighted by Gasteiger charge is -2.28. The van der Waals surface area contributed by atoms with Crippen LogP contribution in [-0.2, 0) is 10.2 Å². The van der Waals surface area contributed by atoms with Gasteiger partial charge in [0.15, 0.2) is 0 Å². The number of phenols is 1. The van der Waals surface area contributed by atoms with Crippen molar-refractivity contribution in [2.45, 2.75) is 11.8 Å². The molecule has 92 valence electrons. The molecule has 1 amide bonds. The largest absolute Gasteiger partial charge is 0.508 e. The lowest BCUT2D eigenvalue weighted by Crippen LogP contribution is -2.22. The molecule has 3 heteroatoms. The van der Waals surface area contributed by atoms with Crippen molar-refractivity contribution >= 4 is 5.91 Å². The summed E-state index contributed by atoms with van der Waals surface area (Å²) in [6.45, 7) is 0. The molecule has 1 atom stereocenters. The van der Waals surface area contributed by atoms with Crippen molar-refractivity contribution in [3.05, 3.63) is 66.3 Å². The van der Waals surface area contributed by atoms with Crippen LogP contribution in [0.1, 0.15) is 12.0 Å². The van der Waals surface area contributed by atoms with E-state index in [0.29, 0.717) is 0 Å². The van der Waals surface area contributed by atoms with E-state index >= 15 is 0 Å². The Bertz CT molecular complexity index is 543. The first-order valence-corrected chi connectivity index (χ1v) is 5.75. The number of hydrogen-bond acceptors (Lipinski definition) is 2. The molecule has 0 saturated carbocycles. The molecule has 2 rings (SSSR count). The number of nitrogens with two attached hydrogens (primary N) is 1. The fourth-order valence-electron chi connectivity index (χ4n) is 2.10. The van der Waals surface area contributed by atoms with E-state index in [0.717, 1.165) is 12.0 Å². The summed E-state index contributed by atoms with van der Waals surface area (Å²) in [7, 11) is 0. The Morgan fingerprint density at radius 1 is 1.39 bits per heavy atom. The molecule has 0 heterocycles. The van der Waals surface area contributed by atoms with Crippen LogP contribution in [0.2, 0.25) is 0 Å². The molecular formula is C15H15NO2. The van der Waals surface area contributed by atoms with Gasteiger partial charge in [-0.05, 0) is 30.2 Å². The highest BCUT2D eigenvalue weighted by molar-refractivity contribution is 5.86. The lowest BCUT2D eigenvalue weighted by atomic mass is 9.75. The van der Waals surface area contributed by atoms with Gasteiger partial charge in [0.25, 0.3) is 0 Å². The van der Waals surface area contributed by atoms with Gasteiger partial charge in [0.05, 0.1) is 0 Å². The first-order chi connectivity index (χ1) is 8.62. The maximum Gasteiger partial charge on any atom is 0.241 e. The first kappa shape index (κ1) is 12.2. The third-order valence-corrected chi connectivity index (χ3v) is 3.03. The number of benzene rings is 1. The maximum absolute atomic E-state index is 10.9. The molecule has 3 nitrogen and oxygen atoms in total. The van der Waals surface area contributed by atoms with E-state index in [9.17, 15) is 9.90 Å². The van der Waals surface area contributed by atoms with Crippen molar-refractivity contribution in [3.8, 4) is 5.75 Å². The summed E-state index contributed by atoms with van der Waals surface area (Å²) in [6, 6.07) is 7.04. The van der Waals surface area contributed by atoms with Crippen LogP contribution in [0.4, 0.5) is 0 Å². The smallest absolute Gasteiger partial charge is 0.241 e. The molecule has 0 aromatic heterocycles. The minimum absolute atomic E-state index is 0.210. The van der Waals surface area contributed by atoms with Crippen molar-refractivity contribution in [3.63, 3.8) is 0 Å². The molecule has 18 heavy (non-hydrogen) atoms. The van der Waals surface area contributed by atoms with Crippen LogP contribution in [0.3, 0.4) is 0 Å². The quantitative estimate of drug-likeness (QED) is 0.797. The molecule has 1 unspecified atom stereocenters. The van der Waals surface area contributed by atoms with E-state index in [1.54, 1.807) is 24.3 Å². The molecule has 0 saturated heterocycles. The van der Waals surface area contributed by atoms with Gasteiger partial charge in [-0.1, -0.05) is 42.5 Å². The summed E-state index contributed by atoms with van der Waals surface area (Å²) in [5.41, 5.74) is 5.68. The first-order valence-electron chi connectivity index (χ1n) is 5.75. The maximum atomic E-state index is 10.9.